The number of imidazole rings is 1. The summed E-state index contributed by atoms with van der Waals surface area (Å²) in [4.78, 5) is 12.4. The second kappa shape index (κ2) is 4.35. The number of benzene rings is 1. The Bertz CT molecular complexity index is 651. The predicted octanol–water partition coefficient (Wildman–Crippen LogP) is 3.58. The Morgan fingerprint density at radius 1 is 1.32 bits per heavy atom. The Hall–Kier alpha value is -1.88. The molecular weight excluding hydrogens is 256 g/mol. The molecule has 19 heavy (non-hydrogen) atoms. The minimum Gasteiger partial charge on any atom is -0.346 e. The number of fused-ring (bicyclic) bond motifs is 1. The molecule has 96 valence electrons. The van der Waals surface area contributed by atoms with Crippen LogP contribution in [0.4, 0.5) is 5.95 Å². The van der Waals surface area contributed by atoms with E-state index in [1.165, 1.54) is 12.8 Å². The van der Waals surface area contributed by atoms with Gasteiger partial charge in [-0.15, -0.1) is 11.3 Å². The first-order valence-electron chi connectivity index (χ1n) is 6.51. The number of nitrogens with zero attached hydrogens (tertiary/aromatic N) is 2. The van der Waals surface area contributed by atoms with E-state index in [4.69, 9.17) is 0 Å². The largest absolute Gasteiger partial charge is 0.346 e. The smallest absolute Gasteiger partial charge is 0.201 e. The maximum atomic E-state index is 4.58. The van der Waals surface area contributed by atoms with Crippen molar-refractivity contribution in [3.63, 3.8) is 0 Å². The van der Waals surface area contributed by atoms with Gasteiger partial charge in [0.25, 0.3) is 0 Å². The Kier molecular flexibility index (Phi) is 2.51. The van der Waals surface area contributed by atoms with Crippen LogP contribution in [0, 0.1) is 5.92 Å². The molecule has 2 aromatic heterocycles. The number of H-pyrrole nitrogens is 1. The number of nitrogens with one attached hydrogen (secondary N) is 2. The molecule has 3 aromatic rings. The van der Waals surface area contributed by atoms with Crippen molar-refractivity contribution in [2.24, 2.45) is 5.92 Å². The van der Waals surface area contributed by atoms with E-state index in [2.05, 4.69) is 20.3 Å². The van der Waals surface area contributed by atoms with Gasteiger partial charge in [-0.05, 0) is 30.9 Å². The van der Waals surface area contributed by atoms with Crippen LogP contribution in [0.2, 0.25) is 0 Å². The molecular formula is C14H14N4S. The standard InChI is InChI=1S/C14H14N4S/c1-2-4-11-10(3-1)16-14(17-11)18-12(9-5-6-9)13-15-7-8-19-13/h1-4,7-9,12H,5-6H2,(H2,16,17,18). The molecule has 5 heteroatoms. The van der Waals surface area contributed by atoms with Crippen molar-refractivity contribution in [1.82, 2.24) is 15.0 Å². The van der Waals surface area contributed by atoms with Gasteiger partial charge < -0.3 is 10.3 Å². The van der Waals surface area contributed by atoms with Crippen LogP contribution < -0.4 is 5.32 Å². The van der Waals surface area contributed by atoms with Gasteiger partial charge in [0.1, 0.15) is 5.01 Å². The van der Waals surface area contributed by atoms with Crippen LogP contribution in [0.15, 0.2) is 35.8 Å². The van der Waals surface area contributed by atoms with E-state index < -0.39 is 0 Å². The van der Waals surface area contributed by atoms with E-state index in [1.54, 1.807) is 11.3 Å². The maximum Gasteiger partial charge on any atom is 0.201 e. The topological polar surface area (TPSA) is 53.6 Å². The zero-order valence-corrected chi connectivity index (χ0v) is 11.2. The van der Waals surface area contributed by atoms with Gasteiger partial charge >= 0.3 is 0 Å². The number of thiazole rings is 1. The molecule has 1 fully saturated rings. The molecule has 0 radical (unpaired) electrons. The Balaban J connectivity index is 1.65. The lowest BCUT2D eigenvalue weighted by atomic mass is 10.2. The van der Waals surface area contributed by atoms with Gasteiger partial charge in [0, 0.05) is 11.6 Å². The van der Waals surface area contributed by atoms with Crippen molar-refractivity contribution in [3.8, 4) is 0 Å². The van der Waals surface area contributed by atoms with Gasteiger partial charge in [-0.3, -0.25) is 0 Å². The zero-order valence-electron chi connectivity index (χ0n) is 10.3. The number of aromatic nitrogens is 3. The van der Waals surface area contributed by atoms with Gasteiger partial charge in [-0.25, -0.2) is 9.97 Å². The summed E-state index contributed by atoms with van der Waals surface area (Å²) < 4.78 is 0. The third-order valence-corrected chi connectivity index (χ3v) is 4.35. The molecule has 0 aliphatic heterocycles. The lowest BCUT2D eigenvalue weighted by Crippen LogP contribution is -2.13. The molecule has 0 amide bonds. The summed E-state index contributed by atoms with van der Waals surface area (Å²) in [7, 11) is 0. The van der Waals surface area contributed by atoms with Crippen LogP contribution in [0.3, 0.4) is 0 Å². The molecule has 2 N–H and O–H groups in total. The van der Waals surface area contributed by atoms with Crippen LogP contribution in [0.5, 0.6) is 0 Å². The molecule has 4 rings (SSSR count). The van der Waals surface area contributed by atoms with Crippen molar-refractivity contribution in [2.75, 3.05) is 5.32 Å². The highest BCUT2D eigenvalue weighted by Crippen LogP contribution is 2.43. The molecule has 0 saturated heterocycles. The minimum atomic E-state index is 0.292. The highest BCUT2D eigenvalue weighted by atomic mass is 32.1. The van der Waals surface area contributed by atoms with Crippen molar-refractivity contribution in [1.29, 1.82) is 0 Å². The van der Waals surface area contributed by atoms with Gasteiger partial charge in [-0.1, -0.05) is 12.1 Å². The monoisotopic (exact) mass is 270 g/mol. The van der Waals surface area contributed by atoms with Gasteiger partial charge in [0.05, 0.1) is 17.1 Å². The SMILES string of the molecule is c1ccc2[nH]c(NC(c3nccs3)C3CC3)nc2c1. The Morgan fingerprint density at radius 3 is 2.95 bits per heavy atom. The van der Waals surface area contributed by atoms with Gasteiger partial charge in [0.2, 0.25) is 5.95 Å². The molecule has 2 heterocycles. The molecule has 1 aromatic carbocycles. The number of hydrogen-bond acceptors (Lipinski definition) is 4. The first-order chi connectivity index (χ1) is 9.40. The molecule has 1 atom stereocenters. The molecule has 1 aliphatic rings. The van der Waals surface area contributed by atoms with Crippen molar-refractivity contribution >= 4 is 28.3 Å². The van der Waals surface area contributed by atoms with E-state index in [1.807, 2.05) is 35.8 Å². The fourth-order valence-electron chi connectivity index (χ4n) is 2.37. The third-order valence-electron chi connectivity index (χ3n) is 3.49. The average Bonchev–Trinajstić information content (AvgIpc) is 2.98. The minimum absolute atomic E-state index is 0.292. The second-order valence-electron chi connectivity index (χ2n) is 4.93. The molecule has 4 nitrogen and oxygen atoms in total. The zero-order chi connectivity index (χ0) is 12.7. The van der Waals surface area contributed by atoms with Crippen molar-refractivity contribution in [2.45, 2.75) is 18.9 Å². The maximum absolute atomic E-state index is 4.58. The summed E-state index contributed by atoms with van der Waals surface area (Å²) >= 11 is 1.71. The first kappa shape index (κ1) is 11.0. The summed E-state index contributed by atoms with van der Waals surface area (Å²) in [5.74, 6) is 1.53. The lowest BCUT2D eigenvalue weighted by Gasteiger charge is -2.14. The number of rotatable bonds is 4. The third kappa shape index (κ3) is 2.10. The summed E-state index contributed by atoms with van der Waals surface area (Å²) in [5.41, 5.74) is 2.07. The predicted molar refractivity (Wildman–Crippen MR) is 77.3 cm³/mol. The second-order valence-corrected chi connectivity index (χ2v) is 5.86. The lowest BCUT2D eigenvalue weighted by molar-refractivity contribution is 0.668. The molecule has 1 unspecified atom stereocenters. The van der Waals surface area contributed by atoms with E-state index in [0.717, 1.165) is 22.0 Å². The van der Waals surface area contributed by atoms with E-state index in [9.17, 15) is 0 Å². The number of anilines is 1. The van der Waals surface area contributed by atoms with Gasteiger partial charge in [-0.2, -0.15) is 0 Å². The first-order valence-corrected chi connectivity index (χ1v) is 7.39. The highest BCUT2D eigenvalue weighted by molar-refractivity contribution is 7.09. The van der Waals surface area contributed by atoms with Crippen LogP contribution in [0.25, 0.3) is 11.0 Å². The normalized spacial score (nSPS) is 16.6. The summed E-state index contributed by atoms with van der Waals surface area (Å²) in [5, 5.41) is 6.70. The Labute approximate surface area is 114 Å². The van der Waals surface area contributed by atoms with Crippen LogP contribution in [0.1, 0.15) is 23.9 Å². The fraction of sp³-hybridized carbons (Fsp3) is 0.286. The summed E-state index contributed by atoms with van der Waals surface area (Å²) in [6.07, 6.45) is 4.42. The molecule has 0 spiro atoms. The van der Waals surface area contributed by atoms with Crippen LogP contribution >= 0.6 is 11.3 Å². The Morgan fingerprint density at radius 2 is 2.21 bits per heavy atom. The van der Waals surface area contributed by atoms with E-state index >= 15 is 0 Å². The molecule has 0 bridgehead atoms. The molecule has 1 saturated carbocycles. The fourth-order valence-corrected chi connectivity index (χ4v) is 3.15. The van der Waals surface area contributed by atoms with Gasteiger partial charge in [0.15, 0.2) is 0 Å². The van der Waals surface area contributed by atoms with E-state index in [0.29, 0.717) is 12.0 Å². The average molecular weight is 270 g/mol. The number of aromatic amines is 1. The number of para-hydroxylation sites is 2. The highest BCUT2D eigenvalue weighted by Gasteiger charge is 2.34. The number of hydrogen-bond donors (Lipinski definition) is 2. The van der Waals surface area contributed by atoms with E-state index in [-0.39, 0.29) is 0 Å². The van der Waals surface area contributed by atoms with Crippen molar-refractivity contribution < 1.29 is 0 Å². The summed E-state index contributed by atoms with van der Waals surface area (Å²) in [6.45, 7) is 0. The summed E-state index contributed by atoms with van der Waals surface area (Å²) in [6, 6.07) is 8.38. The molecule has 1 aliphatic carbocycles. The van der Waals surface area contributed by atoms with Crippen molar-refractivity contribution in [3.05, 3.63) is 40.8 Å². The quantitative estimate of drug-likeness (QED) is 0.762. The van der Waals surface area contributed by atoms with Crippen LogP contribution in [-0.4, -0.2) is 15.0 Å². The van der Waals surface area contributed by atoms with Crippen LogP contribution in [-0.2, 0) is 0 Å².